The summed E-state index contributed by atoms with van der Waals surface area (Å²) in [5, 5.41) is 17.9. The highest BCUT2D eigenvalue weighted by molar-refractivity contribution is 6.17. The summed E-state index contributed by atoms with van der Waals surface area (Å²) in [6.07, 6.45) is 10.7. The Bertz CT molecular complexity index is 1330. The Morgan fingerprint density at radius 2 is 2.10 bits per heavy atom. The Hall–Kier alpha value is -2.87. The summed E-state index contributed by atoms with van der Waals surface area (Å²) in [5.41, 5.74) is 0. The van der Waals surface area contributed by atoms with Gasteiger partial charge in [0.05, 0.1) is 24.3 Å². The number of aromatic nitrogens is 4. The van der Waals surface area contributed by atoms with Gasteiger partial charge in [0.1, 0.15) is 6.29 Å². The van der Waals surface area contributed by atoms with E-state index in [1.807, 2.05) is 13.1 Å². The van der Waals surface area contributed by atoms with Crippen molar-refractivity contribution in [2.24, 2.45) is 27.7 Å². The predicted octanol–water partition coefficient (Wildman–Crippen LogP) is 2.78. The van der Waals surface area contributed by atoms with Crippen LogP contribution >= 0.6 is 11.6 Å². The zero-order chi connectivity index (χ0) is 29.2. The minimum absolute atomic E-state index is 0.0156. The zero-order valence-corrected chi connectivity index (χ0v) is 25.0. The minimum Gasteiger partial charge on any atom is -0.384 e. The molecule has 14 heteroatoms. The topological polar surface area (TPSA) is 153 Å². The van der Waals surface area contributed by atoms with Crippen LogP contribution in [-0.2, 0) is 0 Å². The van der Waals surface area contributed by atoms with Crippen molar-refractivity contribution in [2.75, 3.05) is 19.0 Å². The van der Waals surface area contributed by atoms with Gasteiger partial charge in [-0.25, -0.2) is 9.89 Å². The number of fused-ring (bicyclic) bond motifs is 1. The van der Waals surface area contributed by atoms with Gasteiger partial charge in [-0.1, -0.05) is 31.5 Å². The van der Waals surface area contributed by atoms with Crippen LogP contribution < -0.4 is 16.4 Å². The van der Waals surface area contributed by atoms with Gasteiger partial charge < -0.3 is 14.3 Å². The Labute approximate surface area is 250 Å². The molecule has 42 heavy (non-hydrogen) atoms. The number of aliphatic imine (C=N–C) groups is 2. The molecule has 2 aromatic heterocycles. The lowest BCUT2D eigenvalue weighted by Crippen LogP contribution is -2.60. The van der Waals surface area contributed by atoms with Gasteiger partial charge in [-0.3, -0.25) is 25.1 Å². The second-order valence-corrected chi connectivity index (χ2v) is 12.4. The lowest BCUT2D eigenvalue weighted by atomic mass is 9.82. The number of amidine groups is 1. The summed E-state index contributed by atoms with van der Waals surface area (Å²) in [4.78, 5) is 31.0. The van der Waals surface area contributed by atoms with Crippen molar-refractivity contribution < 1.29 is 8.94 Å². The van der Waals surface area contributed by atoms with E-state index in [1.54, 1.807) is 0 Å². The highest BCUT2D eigenvalue weighted by atomic mass is 35.5. The number of nitrogens with zero attached hydrogens (tertiary/aromatic N) is 7. The van der Waals surface area contributed by atoms with E-state index in [-0.39, 0.29) is 42.4 Å². The fourth-order valence-electron chi connectivity index (χ4n) is 7.18. The summed E-state index contributed by atoms with van der Waals surface area (Å²) in [5.74, 6) is 2.97. The molecular weight excluding hydrogens is 560 g/mol. The second kappa shape index (κ2) is 12.8. The molecule has 3 aliphatic heterocycles. The van der Waals surface area contributed by atoms with Gasteiger partial charge >= 0.3 is 5.76 Å². The van der Waals surface area contributed by atoms with E-state index in [0.717, 1.165) is 31.8 Å². The summed E-state index contributed by atoms with van der Waals surface area (Å²) in [6, 6.07) is -0.247. The molecule has 0 aromatic carbocycles. The Kier molecular flexibility index (Phi) is 8.89. The third-order valence-corrected chi connectivity index (χ3v) is 9.45. The van der Waals surface area contributed by atoms with E-state index >= 15 is 0 Å². The van der Waals surface area contributed by atoms with Gasteiger partial charge in [0, 0.05) is 37.3 Å². The van der Waals surface area contributed by atoms with Crippen molar-refractivity contribution in [1.29, 1.82) is 0 Å². The zero-order valence-electron chi connectivity index (χ0n) is 24.3. The Morgan fingerprint density at radius 3 is 2.79 bits per heavy atom. The number of hydrogen-bond donors (Lipinski definition) is 3. The van der Waals surface area contributed by atoms with Crippen LogP contribution in [0, 0.1) is 24.7 Å². The van der Waals surface area contributed by atoms with E-state index in [4.69, 9.17) is 25.5 Å². The SMILES string of the molecule is C=C/N=C\[C@@H](CCCl)[C@H]1N=C(c2n[nH]c(=O)o2)N[C@H]2N[C@@H](N3CCCC3c3nc(C)no3)N(C[C@H]3CC[C@H](C)CC3)C21. The third-order valence-electron chi connectivity index (χ3n) is 9.23. The maximum atomic E-state index is 11.8. The number of hydrogen-bond acceptors (Lipinski definition) is 12. The van der Waals surface area contributed by atoms with Crippen molar-refractivity contribution in [3.63, 3.8) is 0 Å². The maximum Gasteiger partial charge on any atom is 0.434 e. The number of H-pyrrole nitrogens is 1. The minimum atomic E-state index is -0.626. The van der Waals surface area contributed by atoms with Crippen LogP contribution in [0.1, 0.15) is 75.5 Å². The van der Waals surface area contributed by atoms with Crippen LogP contribution in [0.15, 0.2) is 36.5 Å². The largest absolute Gasteiger partial charge is 0.434 e. The molecule has 0 spiro atoms. The molecule has 0 amide bonds. The number of alkyl halides is 1. The van der Waals surface area contributed by atoms with Crippen LogP contribution in [0.5, 0.6) is 0 Å². The van der Waals surface area contributed by atoms with Crippen LogP contribution in [0.4, 0.5) is 0 Å². The molecule has 13 nitrogen and oxygen atoms in total. The van der Waals surface area contributed by atoms with Crippen molar-refractivity contribution in [3.05, 3.63) is 40.9 Å². The molecule has 6 rings (SSSR count). The number of halogens is 1. The molecule has 2 aromatic rings. The molecule has 0 radical (unpaired) electrons. The molecule has 1 saturated carbocycles. The molecule has 3 N–H and O–H groups in total. The number of rotatable bonds is 10. The first kappa shape index (κ1) is 29.2. The van der Waals surface area contributed by atoms with Crippen molar-refractivity contribution in [3.8, 4) is 0 Å². The van der Waals surface area contributed by atoms with Gasteiger partial charge in [-0.15, -0.1) is 16.7 Å². The van der Waals surface area contributed by atoms with Gasteiger partial charge in [-0.2, -0.15) is 4.98 Å². The van der Waals surface area contributed by atoms with Crippen LogP contribution in [0.3, 0.4) is 0 Å². The van der Waals surface area contributed by atoms with Crippen LogP contribution in [0.2, 0.25) is 0 Å². The van der Waals surface area contributed by atoms with E-state index in [0.29, 0.717) is 35.8 Å². The molecule has 6 atom stereocenters. The number of aromatic amines is 1. The summed E-state index contributed by atoms with van der Waals surface area (Å²) in [7, 11) is 0. The Balaban J connectivity index is 1.39. The molecule has 1 aliphatic carbocycles. The van der Waals surface area contributed by atoms with E-state index in [1.165, 1.54) is 31.9 Å². The second-order valence-electron chi connectivity index (χ2n) is 12.1. The van der Waals surface area contributed by atoms with E-state index in [9.17, 15) is 4.79 Å². The lowest BCUT2D eigenvalue weighted by molar-refractivity contribution is 0.00256. The highest BCUT2D eigenvalue weighted by Crippen LogP contribution is 2.40. The summed E-state index contributed by atoms with van der Waals surface area (Å²) in [6.45, 7) is 9.82. The summed E-state index contributed by atoms with van der Waals surface area (Å²) < 4.78 is 11.0. The summed E-state index contributed by atoms with van der Waals surface area (Å²) >= 11 is 6.33. The third kappa shape index (κ3) is 5.97. The smallest absolute Gasteiger partial charge is 0.384 e. The van der Waals surface area contributed by atoms with Gasteiger partial charge in [0.25, 0.3) is 5.89 Å². The standard InChI is InChI=1S/C28H41ClN10O3/c1-4-30-14-19(11-12-29)21-22-23(33-24(32-21)26-35-36-28(40)41-26)34-27(39(22)15-18-9-7-16(2)8-10-18)38-13-5-6-20(38)25-31-17(3)37-42-25/h4,14,16,18-23,27,34H,1,5-13,15H2,2-3H3,(H,32,33)(H,36,40)/b30-14-/t16-,18-,19-,20?,21-,22?,23+,27+/m1/s1. The predicted molar refractivity (Wildman–Crippen MR) is 158 cm³/mol. The van der Waals surface area contributed by atoms with Crippen molar-refractivity contribution in [2.45, 2.75) is 89.4 Å². The van der Waals surface area contributed by atoms with Crippen molar-refractivity contribution >= 4 is 23.7 Å². The first-order valence-electron chi connectivity index (χ1n) is 15.1. The number of aryl methyl sites for hydroxylation is 1. The maximum absolute atomic E-state index is 11.8. The van der Waals surface area contributed by atoms with Gasteiger partial charge in [0.15, 0.2) is 11.7 Å². The van der Waals surface area contributed by atoms with Gasteiger partial charge in [-0.05, 0) is 50.9 Å². The van der Waals surface area contributed by atoms with Crippen LogP contribution in [-0.4, -0.2) is 85.7 Å². The fraction of sp³-hybridized carbons (Fsp3) is 0.714. The highest BCUT2D eigenvalue weighted by Gasteiger charge is 2.53. The number of likely N-dealkylation sites (tertiary alicyclic amines) is 1. The average Bonchev–Trinajstić information content (AvgIpc) is 3.79. The molecular formula is C28H41ClN10O3. The molecule has 4 aliphatic rings. The molecule has 228 valence electrons. The van der Waals surface area contributed by atoms with Crippen molar-refractivity contribution in [1.82, 2.24) is 40.8 Å². The average molecular weight is 601 g/mol. The Morgan fingerprint density at radius 1 is 1.26 bits per heavy atom. The molecule has 0 bridgehead atoms. The number of nitrogens with one attached hydrogen (secondary N) is 3. The fourth-order valence-corrected chi connectivity index (χ4v) is 7.43. The molecule has 3 fully saturated rings. The quantitative estimate of drug-likeness (QED) is 0.274. The first-order chi connectivity index (χ1) is 20.4. The monoisotopic (exact) mass is 600 g/mol. The lowest BCUT2D eigenvalue weighted by Gasteiger charge is -2.43. The van der Waals surface area contributed by atoms with Crippen LogP contribution in [0.25, 0.3) is 0 Å². The first-order valence-corrected chi connectivity index (χ1v) is 15.7. The normalized spacial score (nSPS) is 33.0. The molecule has 5 heterocycles. The molecule has 2 unspecified atom stereocenters. The van der Waals surface area contributed by atoms with Gasteiger partial charge in [0.2, 0.25) is 5.89 Å². The van der Waals surface area contributed by atoms with E-state index in [2.05, 4.69) is 59.3 Å². The van der Waals surface area contributed by atoms with E-state index < -0.39 is 5.76 Å². The molecule has 2 saturated heterocycles.